The van der Waals surface area contributed by atoms with Gasteiger partial charge in [0.2, 0.25) is 5.82 Å². The van der Waals surface area contributed by atoms with E-state index in [0.29, 0.717) is 17.9 Å². The fourth-order valence-corrected chi connectivity index (χ4v) is 3.44. The van der Waals surface area contributed by atoms with Crippen molar-refractivity contribution in [3.63, 3.8) is 0 Å². The molecule has 2 fully saturated rings. The van der Waals surface area contributed by atoms with Crippen LogP contribution in [0.3, 0.4) is 0 Å². The fraction of sp³-hybridized carbons (Fsp3) is 0.615. The number of nitro groups is 1. The lowest BCUT2D eigenvalue weighted by atomic mass is 9.79. The molecule has 0 bridgehead atoms. The maximum atomic E-state index is 10.8. The van der Waals surface area contributed by atoms with Crippen molar-refractivity contribution in [2.75, 3.05) is 23.7 Å². The van der Waals surface area contributed by atoms with Crippen LogP contribution in [0.25, 0.3) is 0 Å². The minimum absolute atomic E-state index is 0.0147. The van der Waals surface area contributed by atoms with Gasteiger partial charge in [-0.25, -0.2) is 4.98 Å². The molecule has 0 aromatic carbocycles. The summed E-state index contributed by atoms with van der Waals surface area (Å²) in [7, 11) is 0. The number of nitrogens with zero attached hydrogens (tertiary/aromatic N) is 3. The van der Waals surface area contributed by atoms with Crippen molar-refractivity contribution in [1.29, 1.82) is 0 Å². The summed E-state index contributed by atoms with van der Waals surface area (Å²) >= 11 is 0. The number of hydrogen-bond donors (Lipinski definition) is 2. The lowest BCUT2D eigenvalue weighted by molar-refractivity contribution is -0.384. The number of rotatable bonds is 2. The summed E-state index contributed by atoms with van der Waals surface area (Å²) < 4.78 is 0. The zero-order valence-corrected chi connectivity index (χ0v) is 11.2. The van der Waals surface area contributed by atoms with E-state index >= 15 is 0 Å². The van der Waals surface area contributed by atoms with Crippen LogP contribution in [0.15, 0.2) is 12.1 Å². The second kappa shape index (κ2) is 4.90. The quantitative estimate of drug-likeness (QED) is 0.619. The second-order valence-corrected chi connectivity index (χ2v) is 5.83. The first-order valence-electron chi connectivity index (χ1n) is 6.96. The second-order valence-electron chi connectivity index (χ2n) is 5.83. The Balaban J connectivity index is 1.78. The molecule has 1 unspecified atom stereocenters. The molecule has 0 radical (unpaired) electrons. The molecule has 0 spiro atoms. The molecule has 1 saturated carbocycles. The maximum Gasteiger partial charge on any atom is 0.311 e. The van der Waals surface area contributed by atoms with Gasteiger partial charge in [-0.3, -0.25) is 10.1 Å². The summed E-state index contributed by atoms with van der Waals surface area (Å²) in [6.45, 7) is 1.87. The zero-order chi connectivity index (χ0) is 14.3. The molecule has 4 N–H and O–H groups in total. The van der Waals surface area contributed by atoms with Gasteiger partial charge in [-0.1, -0.05) is 0 Å². The minimum Gasteiger partial charge on any atom is -0.378 e. The Labute approximate surface area is 117 Å². The summed E-state index contributed by atoms with van der Waals surface area (Å²) in [4.78, 5) is 16.6. The third-order valence-corrected chi connectivity index (χ3v) is 4.50. The third kappa shape index (κ3) is 2.29. The van der Waals surface area contributed by atoms with Gasteiger partial charge in [-0.2, -0.15) is 0 Å². The molecule has 7 nitrogen and oxygen atoms in total. The van der Waals surface area contributed by atoms with E-state index in [1.54, 1.807) is 6.07 Å². The van der Waals surface area contributed by atoms with Crippen molar-refractivity contribution < 1.29 is 4.92 Å². The van der Waals surface area contributed by atoms with E-state index in [4.69, 9.17) is 11.5 Å². The molecule has 1 aromatic rings. The Bertz CT molecular complexity index is 535. The van der Waals surface area contributed by atoms with Crippen LogP contribution in [0.2, 0.25) is 0 Å². The van der Waals surface area contributed by atoms with Crippen molar-refractivity contribution >= 4 is 17.3 Å². The average molecular weight is 277 g/mol. The Kier molecular flexibility index (Phi) is 3.21. The van der Waals surface area contributed by atoms with E-state index < -0.39 is 4.92 Å². The summed E-state index contributed by atoms with van der Waals surface area (Å²) in [6.07, 6.45) is 3.30. The fourth-order valence-electron chi connectivity index (χ4n) is 3.44. The van der Waals surface area contributed by atoms with Gasteiger partial charge in [0, 0.05) is 25.2 Å². The number of pyridine rings is 1. The van der Waals surface area contributed by atoms with Gasteiger partial charge in [-0.05, 0) is 37.2 Å². The number of hydrogen-bond acceptors (Lipinski definition) is 6. The molecule has 2 heterocycles. The van der Waals surface area contributed by atoms with Crippen molar-refractivity contribution in [2.24, 2.45) is 17.6 Å². The van der Waals surface area contributed by atoms with Crippen molar-refractivity contribution in [3.8, 4) is 0 Å². The van der Waals surface area contributed by atoms with Gasteiger partial charge in [0.05, 0.1) is 4.92 Å². The summed E-state index contributed by atoms with van der Waals surface area (Å²) in [5.74, 6) is 1.99. The van der Waals surface area contributed by atoms with Crippen LogP contribution in [-0.4, -0.2) is 29.0 Å². The highest BCUT2D eigenvalue weighted by atomic mass is 16.6. The average Bonchev–Trinajstić information content (AvgIpc) is 2.81. The highest BCUT2D eigenvalue weighted by Crippen LogP contribution is 2.37. The topological polar surface area (TPSA) is 111 Å². The highest BCUT2D eigenvalue weighted by Gasteiger charge is 2.37. The molecule has 1 aromatic heterocycles. The third-order valence-electron chi connectivity index (χ3n) is 4.50. The smallest absolute Gasteiger partial charge is 0.311 e. The van der Waals surface area contributed by atoms with Gasteiger partial charge < -0.3 is 16.4 Å². The van der Waals surface area contributed by atoms with E-state index in [2.05, 4.69) is 9.88 Å². The largest absolute Gasteiger partial charge is 0.378 e. The maximum absolute atomic E-state index is 10.8. The van der Waals surface area contributed by atoms with E-state index in [1.165, 1.54) is 6.07 Å². The summed E-state index contributed by atoms with van der Waals surface area (Å²) in [5.41, 5.74) is 11.6. The summed E-state index contributed by atoms with van der Waals surface area (Å²) in [6, 6.07) is 3.43. The lowest BCUT2D eigenvalue weighted by Gasteiger charge is -2.27. The van der Waals surface area contributed by atoms with Crippen LogP contribution < -0.4 is 16.4 Å². The molecule has 1 aliphatic heterocycles. The van der Waals surface area contributed by atoms with Crippen LogP contribution in [0.4, 0.5) is 17.3 Å². The Morgan fingerprint density at radius 3 is 2.75 bits per heavy atom. The first kappa shape index (κ1) is 13.1. The predicted molar refractivity (Wildman–Crippen MR) is 76.3 cm³/mol. The van der Waals surface area contributed by atoms with Gasteiger partial charge in [0.15, 0.2) is 0 Å². The van der Waals surface area contributed by atoms with E-state index in [0.717, 1.165) is 38.2 Å². The van der Waals surface area contributed by atoms with Crippen molar-refractivity contribution in [2.45, 2.75) is 25.3 Å². The summed E-state index contributed by atoms with van der Waals surface area (Å²) in [5, 5.41) is 10.8. The number of anilines is 2. The van der Waals surface area contributed by atoms with E-state index in [9.17, 15) is 10.1 Å². The molecule has 0 amide bonds. The molecule has 1 aliphatic carbocycles. The van der Waals surface area contributed by atoms with Gasteiger partial charge in [0.25, 0.3) is 0 Å². The Morgan fingerprint density at radius 2 is 2.05 bits per heavy atom. The van der Waals surface area contributed by atoms with Crippen LogP contribution in [-0.2, 0) is 0 Å². The molecule has 3 rings (SSSR count). The molecule has 2 aliphatic rings. The zero-order valence-electron chi connectivity index (χ0n) is 11.2. The van der Waals surface area contributed by atoms with Gasteiger partial charge in [-0.15, -0.1) is 0 Å². The van der Waals surface area contributed by atoms with Crippen molar-refractivity contribution in [3.05, 3.63) is 22.2 Å². The molecule has 7 heteroatoms. The van der Waals surface area contributed by atoms with E-state index in [1.807, 2.05) is 0 Å². The SMILES string of the molecule is Nc1nc(N2C[C@H]3CCC(N)C[C@H]3C2)ccc1[N+](=O)[O-]. The predicted octanol–water partition coefficient (Wildman–Crippen LogP) is 1.14. The minimum atomic E-state index is -0.505. The number of aromatic nitrogens is 1. The number of nitrogen functional groups attached to an aromatic ring is 1. The lowest BCUT2D eigenvalue weighted by Crippen LogP contribution is -2.32. The normalized spacial score (nSPS) is 29.2. The molecular formula is C13H19N5O2. The van der Waals surface area contributed by atoms with E-state index in [-0.39, 0.29) is 11.5 Å². The van der Waals surface area contributed by atoms with Crippen LogP contribution in [0, 0.1) is 22.0 Å². The van der Waals surface area contributed by atoms with Gasteiger partial charge >= 0.3 is 5.69 Å². The molecule has 20 heavy (non-hydrogen) atoms. The Hall–Kier alpha value is -1.89. The highest BCUT2D eigenvalue weighted by molar-refractivity contribution is 5.58. The first-order valence-corrected chi connectivity index (χ1v) is 6.96. The van der Waals surface area contributed by atoms with Gasteiger partial charge in [0.1, 0.15) is 5.82 Å². The monoisotopic (exact) mass is 277 g/mol. The molecule has 108 valence electrons. The number of nitrogens with two attached hydrogens (primary N) is 2. The molecule has 1 saturated heterocycles. The first-order chi connectivity index (χ1) is 9.54. The molecule has 3 atom stereocenters. The number of fused-ring (bicyclic) bond motifs is 1. The van der Waals surface area contributed by atoms with Crippen LogP contribution >= 0.6 is 0 Å². The standard InChI is InChI=1S/C13H19N5O2/c14-10-2-1-8-6-17(7-9(8)5-10)12-4-3-11(18(19)20)13(15)16-12/h3-4,8-10H,1-2,5-7,14H2,(H2,15,16)/t8-,9+,10?/m1/s1. The van der Waals surface area contributed by atoms with Crippen LogP contribution in [0.5, 0.6) is 0 Å². The molecular weight excluding hydrogens is 258 g/mol. The Morgan fingerprint density at radius 1 is 1.30 bits per heavy atom. The van der Waals surface area contributed by atoms with Crippen LogP contribution in [0.1, 0.15) is 19.3 Å². The van der Waals surface area contributed by atoms with Crippen molar-refractivity contribution in [1.82, 2.24) is 4.98 Å².